The molecule has 0 saturated heterocycles. The van der Waals surface area contributed by atoms with E-state index in [1.807, 2.05) is 24.3 Å². The van der Waals surface area contributed by atoms with Crippen LogP contribution in [0.4, 0.5) is 0 Å². The molecule has 0 spiro atoms. The molecule has 1 atom stereocenters. The minimum atomic E-state index is -0.353. The molecule has 1 unspecified atom stereocenters. The van der Waals surface area contributed by atoms with Gasteiger partial charge in [-0.3, -0.25) is 9.59 Å². The summed E-state index contributed by atoms with van der Waals surface area (Å²) in [6.45, 7) is 0. The Hall–Kier alpha value is -2.10. The van der Waals surface area contributed by atoms with E-state index in [4.69, 9.17) is 4.74 Å². The number of benzene rings is 1. The van der Waals surface area contributed by atoms with Gasteiger partial charge in [0.25, 0.3) is 0 Å². The van der Waals surface area contributed by atoms with Crippen molar-refractivity contribution < 1.29 is 14.3 Å². The second-order valence-electron chi connectivity index (χ2n) is 4.58. The number of H-pyrrole nitrogens is 1. The number of nitrogens with one attached hydrogen (secondary N) is 1. The predicted molar refractivity (Wildman–Crippen MR) is 66.5 cm³/mol. The first-order valence-corrected chi connectivity index (χ1v) is 5.91. The number of carbonyl (C=O) groups is 2. The lowest BCUT2D eigenvalue weighted by Crippen LogP contribution is -2.27. The van der Waals surface area contributed by atoms with Crippen LogP contribution in [-0.4, -0.2) is 23.8 Å². The zero-order valence-corrected chi connectivity index (χ0v) is 10.0. The van der Waals surface area contributed by atoms with Gasteiger partial charge in [0, 0.05) is 17.3 Å². The number of para-hydroxylation sites is 1. The number of esters is 1. The van der Waals surface area contributed by atoms with E-state index in [2.05, 4.69) is 4.98 Å². The lowest BCUT2D eigenvalue weighted by atomic mass is 9.85. The molecule has 3 rings (SSSR count). The molecule has 4 nitrogen and oxygen atoms in total. The van der Waals surface area contributed by atoms with E-state index in [0.29, 0.717) is 12.1 Å². The number of aromatic amines is 1. The van der Waals surface area contributed by atoms with Gasteiger partial charge in [-0.15, -0.1) is 0 Å². The Morgan fingerprint density at radius 3 is 2.89 bits per heavy atom. The van der Waals surface area contributed by atoms with Gasteiger partial charge >= 0.3 is 5.97 Å². The number of rotatable bonds is 1. The molecule has 0 bridgehead atoms. The molecule has 0 aliphatic heterocycles. The van der Waals surface area contributed by atoms with Crippen LogP contribution in [0.25, 0.3) is 10.9 Å². The third-order valence-corrected chi connectivity index (χ3v) is 3.51. The second-order valence-corrected chi connectivity index (χ2v) is 4.58. The fraction of sp³-hybridized carbons (Fsp3) is 0.286. The largest absolute Gasteiger partial charge is 0.469 e. The van der Waals surface area contributed by atoms with Gasteiger partial charge in [0.2, 0.25) is 0 Å². The van der Waals surface area contributed by atoms with Gasteiger partial charge in [0.1, 0.15) is 0 Å². The highest BCUT2D eigenvalue weighted by atomic mass is 16.5. The van der Waals surface area contributed by atoms with Crippen molar-refractivity contribution >= 4 is 22.7 Å². The van der Waals surface area contributed by atoms with Crippen LogP contribution in [0.2, 0.25) is 0 Å². The number of methoxy groups -OCH3 is 1. The highest BCUT2D eigenvalue weighted by molar-refractivity contribution is 6.05. The van der Waals surface area contributed by atoms with E-state index in [0.717, 1.165) is 16.5 Å². The average Bonchev–Trinajstić information content (AvgIpc) is 2.77. The lowest BCUT2D eigenvalue weighted by molar-refractivity contribution is -0.145. The molecule has 4 heteroatoms. The van der Waals surface area contributed by atoms with Crippen LogP contribution in [0.3, 0.4) is 0 Å². The molecule has 18 heavy (non-hydrogen) atoms. The summed E-state index contributed by atoms with van der Waals surface area (Å²) in [6, 6.07) is 7.76. The Morgan fingerprint density at radius 1 is 1.33 bits per heavy atom. The third kappa shape index (κ3) is 1.53. The fourth-order valence-electron chi connectivity index (χ4n) is 2.63. The Balaban J connectivity index is 2.12. The minimum Gasteiger partial charge on any atom is -0.469 e. The smallest absolute Gasteiger partial charge is 0.309 e. The standard InChI is InChI=1S/C14H13NO3/c1-18-14(17)8-6-10-9-4-2-3-5-11(9)15-13(10)12(16)7-8/h2-5,8,15H,6-7H2,1H3. The van der Waals surface area contributed by atoms with Gasteiger partial charge in [-0.1, -0.05) is 18.2 Å². The molecule has 0 radical (unpaired) electrons. The van der Waals surface area contributed by atoms with Gasteiger partial charge in [-0.25, -0.2) is 0 Å². The third-order valence-electron chi connectivity index (χ3n) is 3.51. The predicted octanol–water partition coefficient (Wildman–Crippen LogP) is 2.09. The molecule has 0 fully saturated rings. The fourth-order valence-corrected chi connectivity index (χ4v) is 2.63. The molecule has 1 aromatic carbocycles. The zero-order valence-electron chi connectivity index (χ0n) is 10.0. The van der Waals surface area contributed by atoms with Crippen LogP contribution in [0, 0.1) is 5.92 Å². The number of fused-ring (bicyclic) bond motifs is 3. The number of carbonyl (C=O) groups excluding carboxylic acids is 2. The number of aromatic nitrogens is 1. The quantitative estimate of drug-likeness (QED) is 0.780. The molecule has 1 N–H and O–H groups in total. The average molecular weight is 243 g/mol. The van der Waals surface area contributed by atoms with Crippen molar-refractivity contribution in [3.05, 3.63) is 35.5 Å². The maximum absolute atomic E-state index is 12.0. The number of hydrogen-bond donors (Lipinski definition) is 1. The number of Topliss-reactive ketones (excluding diaryl/α,β-unsaturated/α-hetero) is 1. The molecular weight excluding hydrogens is 230 g/mol. The first-order valence-electron chi connectivity index (χ1n) is 5.91. The summed E-state index contributed by atoms with van der Waals surface area (Å²) in [6.07, 6.45) is 0.796. The Morgan fingerprint density at radius 2 is 2.11 bits per heavy atom. The molecule has 1 aliphatic rings. The van der Waals surface area contributed by atoms with Crippen LogP contribution in [-0.2, 0) is 16.0 Å². The van der Waals surface area contributed by atoms with E-state index in [9.17, 15) is 9.59 Å². The maximum Gasteiger partial charge on any atom is 0.309 e. The highest BCUT2D eigenvalue weighted by Crippen LogP contribution is 2.32. The number of ketones is 1. The molecule has 1 heterocycles. The van der Waals surface area contributed by atoms with Crippen molar-refractivity contribution in [3.63, 3.8) is 0 Å². The summed E-state index contributed by atoms with van der Waals surface area (Å²) in [5.74, 6) is -0.670. The molecule has 2 aromatic rings. The van der Waals surface area contributed by atoms with Crippen molar-refractivity contribution in [3.8, 4) is 0 Å². The van der Waals surface area contributed by atoms with Crippen LogP contribution >= 0.6 is 0 Å². The van der Waals surface area contributed by atoms with E-state index in [-0.39, 0.29) is 24.1 Å². The Bertz CT molecular complexity index is 642. The number of ether oxygens (including phenoxy) is 1. The van der Waals surface area contributed by atoms with E-state index in [1.165, 1.54) is 7.11 Å². The second kappa shape index (κ2) is 3.98. The highest BCUT2D eigenvalue weighted by Gasteiger charge is 2.32. The van der Waals surface area contributed by atoms with Crippen molar-refractivity contribution in [1.29, 1.82) is 0 Å². The molecule has 1 aliphatic carbocycles. The first kappa shape index (κ1) is 11.0. The van der Waals surface area contributed by atoms with Gasteiger partial charge in [0.05, 0.1) is 18.7 Å². The normalized spacial score (nSPS) is 18.7. The van der Waals surface area contributed by atoms with Gasteiger partial charge < -0.3 is 9.72 Å². The minimum absolute atomic E-state index is 0.0112. The maximum atomic E-state index is 12.0. The topological polar surface area (TPSA) is 59.2 Å². The number of hydrogen-bond acceptors (Lipinski definition) is 3. The summed E-state index contributed by atoms with van der Waals surface area (Å²) in [5.41, 5.74) is 2.54. The summed E-state index contributed by atoms with van der Waals surface area (Å²) in [4.78, 5) is 26.8. The van der Waals surface area contributed by atoms with Crippen molar-refractivity contribution in [1.82, 2.24) is 4.98 Å². The summed E-state index contributed by atoms with van der Waals surface area (Å²) < 4.78 is 4.74. The molecule has 1 aromatic heterocycles. The Kier molecular flexibility index (Phi) is 2.44. The van der Waals surface area contributed by atoms with Crippen LogP contribution in [0.1, 0.15) is 22.5 Å². The molecular formula is C14H13NO3. The summed E-state index contributed by atoms with van der Waals surface area (Å²) in [7, 11) is 1.36. The van der Waals surface area contributed by atoms with Gasteiger partial charge in [0.15, 0.2) is 5.78 Å². The van der Waals surface area contributed by atoms with Crippen molar-refractivity contribution in [2.24, 2.45) is 5.92 Å². The first-order chi connectivity index (χ1) is 8.70. The summed E-state index contributed by atoms with van der Waals surface area (Å²) >= 11 is 0. The SMILES string of the molecule is COC(=O)C1CC(=O)c2[nH]c3ccccc3c2C1. The molecule has 0 saturated carbocycles. The van der Waals surface area contributed by atoms with Crippen LogP contribution in [0.15, 0.2) is 24.3 Å². The lowest BCUT2D eigenvalue weighted by Gasteiger charge is -2.19. The van der Waals surface area contributed by atoms with Crippen LogP contribution < -0.4 is 0 Å². The monoisotopic (exact) mass is 243 g/mol. The van der Waals surface area contributed by atoms with Crippen molar-refractivity contribution in [2.75, 3.05) is 7.11 Å². The van der Waals surface area contributed by atoms with Crippen molar-refractivity contribution in [2.45, 2.75) is 12.8 Å². The van der Waals surface area contributed by atoms with E-state index >= 15 is 0 Å². The molecule has 92 valence electrons. The van der Waals surface area contributed by atoms with Gasteiger partial charge in [-0.2, -0.15) is 0 Å². The Labute approximate surface area is 104 Å². The van der Waals surface area contributed by atoms with Gasteiger partial charge in [-0.05, 0) is 18.1 Å². The zero-order chi connectivity index (χ0) is 12.7. The van der Waals surface area contributed by atoms with E-state index < -0.39 is 0 Å². The van der Waals surface area contributed by atoms with Crippen LogP contribution in [0.5, 0.6) is 0 Å². The van der Waals surface area contributed by atoms with E-state index in [1.54, 1.807) is 0 Å². The molecule has 0 amide bonds. The summed E-state index contributed by atoms with van der Waals surface area (Å²) in [5, 5.41) is 1.02.